The number of aromatic nitrogens is 2. The molecule has 1 aromatic carbocycles. The number of benzene rings is 1. The normalized spacial score (nSPS) is 12.6. The van der Waals surface area contributed by atoms with Gasteiger partial charge in [0.15, 0.2) is 11.5 Å². The molecule has 0 fully saturated rings. The van der Waals surface area contributed by atoms with Crippen molar-refractivity contribution in [3.05, 3.63) is 23.8 Å². The summed E-state index contributed by atoms with van der Waals surface area (Å²) in [5, 5.41) is 10.1. The number of rotatable bonds is 9. The number of methoxy groups -OCH3 is 2. The minimum Gasteiger partial charge on any atom is -0.493 e. The average molecular weight is 429 g/mol. The van der Waals surface area contributed by atoms with Crippen molar-refractivity contribution in [3.8, 4) is 11.5 Å². The van der Waals surface area contributed by atoms with Crippen LogP contribution >= 0.6 is 11.3 Å². The summed E-state index contributed by atoms with van der Waals surface area (Å²) in [6, 6.07) is 4.72. The van der Waals surface area contributed by atoms with Crippen molar-refractivity contribution in [1.82, 2.24) is 14.9 Å². The highest BCUT2D eigenvalue weighted by molar-refractivity contribution is 7.91. The lowest BCUT2D eigenvalue weighted by Gasteiger charge is -2.18. The highest BCUT2D eigenvalue weighted by atomic mass is 32.2. The zero-order valence-corrected chi connectivity index (χ0v) is 18.0. The summed E-state index contributed by atoms with van der Waals surface area (Å²) >= 11 is 0.798. The fourth-order valence-electron chi connectivity index (χ4n) is 2.31. The van der Waals surface area contributed by atoms with Crippen LogP contribution in [-0.2, 0) is 14.8 Å². The van der Waals surface area contributed by atoms with Crippen LogP contribution in [0.1, 0.15) is 38.8 Å². The molecule has 1 amide bonds. The molecule has 1 heterocycles. The van der Waals surface area contributed by atoms with Crippen LogP contribution in [0.4, 0.5) is 5.13 Å². The molecule has 0 saturated heterocycles. The minimum atomic E-state index is -3.92. The highest BCUT2D eigenvalue weighted by Crippen LogP contribution is 2.32. The summed E-state index contributed by atoms with van der Waals surface area (Å²) in [6.45, 7) is 5.31. The second kappa shape index (κ2) is 9.30. The Balaban J connectivity index is 2.22. The van der Waals surface area contributed by atoms with Crippen molar-refractivity contribution < 1.29 is 22.7 Å². The fraction of sp³-hybridized carbons (Fsp3) is 0.471. The van der Waals surface area contributed by atoms with Crippen LogP contribution in [0.3, 0.4) is 0 Å². The predicted octanol–water partition coefficient (Wildman–Crippen LogP) is 2.58. The minimum absolute atomic E-state index is 0.137. The van der Waals surface area contributed by atoms with Crippen LogP contribution in [0.2, 0.25) is 0 Å². The number of hydrogen-bond donors (Lipinski definition) is 2. The Morgan fingerprint density at radius 2 is 1.86 bits per heavy atom. The first-order valence-electron chi connectivity index (χ1n) is 8.60. The summed E-state index contributed by atoms with van der Waals surface area (Å²) in [5.41, 5.74) is 0.724. The molecule has 2 N–H and O–H groups in total. The third kappa shape index (κ3) is 5.18. The molecule has 0 radical (unpaired) electrons. The third-order valence-electron chi connectivity index (χ3n) is 3.91. The first kappa shape index (κ1) is 22.1. The maximum atomic E-state index is 12.7. The van der Waals surface area contributed by atoms with E-state index in [4.69, 9.17) is 9.47 Å². The van der Waals surface area contributed by atoms with Crippen molar-refractivity contribution in [2.24, 2.45) is 5.92 Å². The van der Waals surface area contributed by atoms with Gasteiger partial charge in [-0.1, -0.05) is 38.2 Å². The maximum Gasteiger partial charge on any atom is 0.270 e. The van der Waals surface area contributed by atoms with Gasteiger partial charge in [-0.05, 0) is 24.1 Å². The van der Waals surface area contributed by atoms with Crippen molar-refractivity contribution in [3.63, 3.8) is 0 Å². The van der Waals surface area contributed by atoms with E-state index in [2.05, 4.69) is 20.2 Å². The molecule has 1 aromatic heterocycles. The molecule has 0 saturated carbocycles. The van der Waals surface area contributed by atoms with Gasteiger partial charge in [0.05, 0.1) is 14.2 Å². The number of anilines is 1. The van der Waals surface area contributed by atoms with E-state index in [1.165, 1.54) is 14.2 Å². The van der Waals surface area contributed by atoms with Gasteiger partial charge in [-0.25, -0.2) is 13.1 Å². The maximum absolute atomic E-state index is 12.7. The van der Waals surface area contributed by atoms with Crippen molar-refractivity contribution >= 4 is 32.4 Å². The molecule has 154 valence electrons. The molecule has 1 unspecified atom stereocenters. The van der Waals surface area contributed by atoms with Crippen molar-refractivity contribution in [1.29, 1.82) is 0 Å². The molecule has 9 nitrogen and oxygen atoms in total. The Morgan fingerprint density at radius 3 is 2.43 bits per heavy atom. The average Bonchev–Trinajstić information content (AvgIpc) is 3.15. The molecule has 11 heteroatoms. The summed E-state index contributed by atoms with van der Waals surface area (Å²) in [6.07, 6.45) is 0.504. The van der Waals surface area contributed by atoms with E-state index < -0.39 is 16.1 Å². The number of carbonyl (C=O) groups excluding carboxylic acids is 1. The van der Waals surface area contributed by atoms with Gasteiger partial charge in [0.2, 0.25) is 15.4 Å². The van der Waals surface area contributed by atoms with E-state index in [-0.39, 0.29) is 21.3 Å². The molecule has 1 atom stereocenters. The van der Waals surface area contributed by atoms with Gasteiger partial charge < -0.3 is 14.8 Å². The van der Waals surface area contributed by atoms with Gasteiger partial charge in [0, 0.05) is 12.0 Å². The number of carbonyl (C=O) groups is 1. The lowest BCUT2D eigenvalue weighted by Crippen LogP contribution is -2.28. The molecule has 28 heavy (non-hydrogen) atoms. The highest BCUT2D eigenvalue weighted by Gasteiger charge is 2.25. The third-order valence-corrected chi connectivity index (χ3v) is 6.58. The molecule has 0 bridgehead atoms. The summed E-state index contributed by atoms with van der Waals surface area (Å²) in [5.74, 6) is 0.548. The van der Waals surface area contributed by atoms with E-state index >= 15 is 0 Å². The van der Waals surface area contributed by atoms with E-state index in [0.717, 1.165) is 16.9 Å². The van der Waals surface area contributed by atoms with Gasteiger partial charge in [-0.2, -0.15) is 0 Å². The smallest absolute Gasteiger partial charge is 0.270 e. The second-order valence-electron chi connectivity index (χ2n) is 6.21. The van der Waals surface area contributed by atoms with Gasteiger partial charge in [-0.15, -0.1) is 10.2 Å². The number of hydrogen-bond acceptors (Lipinski definition) is 8. The van der Waals surface area contributed by atoms with Crippen LogP contribution < -0.4 is 19.5 Å². The van der Waals surface area contributed by atoms with E-state index in [1.807, 2.05) is 6.92 Å². The van der Waals surface area contributed by atoms with Crippen LogP contribution in [0.15, 0.2) is 22.5 Å². The Labute approximate surface area is 168 Å². The first-order valence-corrected chi connectivity index (χ1v) is 10.9. The lowest BCUT2D eigenvalue weighted by molar-refractivity contribution is -0.118. The molecule has 2 aromatic rings. The van der Waals surface area contributed by atoms with Gasteiger partial charge in [0.1, 0.15) is 0 Å². The summed E-state index contributed by atoms with van der Waals surface area (Å²) in [7, 11) is -0.873. The Morgan fingerprint density at radius 1 is 1.18 bits per heavy atom. The summed E-state index contributed by atoms with van der Waals surface area (Å²) < 4.78 is 38.3. The van der Waals surface area contributed by atoms with Crippen LogP contribution in [-0.4, -0.2) is 38.7 Å². The van der Waals surface area contributed by atoms with E-state index in [1.54, 1.807) is 32.0 Å². The van der Waals surface area contributed by atoms with E-state index in [0.29, 0.717) is 17.9 Å². The second-order valence-corrected chi connectivity index (χ2v) is 9.08. The van der Waals surface area contributed by atoms with E-state index in [9.17, 15) is 13.2 Å². The van der Waals surface area contributed by atoms with Crippen LogP contribution in [0.5, 0.6) is 11.5 Å². The largest absolute Gasteiger partial charge is 0.493 e. The first-order chi connectivity index (χ1) is 13.2. The molecule has 0 aliphatic rings. The SMILES string of the molecule is CCC(NS(=O)(=O)c1nnc(NC(=O)C(C)C)s1)c1ccc(OC)c(OC)c1. The van der Waals surface area contributed by atoms with Crippen molar-refractivity contribution in [2.45, 2.75) is 37.6 Å². The van der Waals surface area contributed by atoms with Crippen molar-refractivity contribution in [2.75, 3.05) is 19.5 Å². The molecule has 0 aliphatic carbocycles. The zero-order valence-electron chi connectivity index (χ0n) is 16.3. The standard InChI is InChI=1S/C17H24N4O5S2/c1-6-12(11-7-8-13(25-4)14(9-11)26-5)21-28(23,24)17-20-19-16(27-17)18-15(22)10(2)3/h7-10,12,21H,6H2,1-5H3,(H,18,19,22). The topological polar surface area (TPSA) is 120 Å². The van der Waals surface area contributed by atoms with Crippen LogP contribution in [0, 0.1) is 5.92 Å². The predicted molar refractivity (Wildman–Crippen MR) is 106 cm³/mol. The van der Waals surface area contributed by atoms with Gasteiger partial charge in [0.25, 0.3) is 10.0 Å². The molecule has 0 spiro atoms. The Hall–Kier alpha value is -2.24. The number of ether oxygens (including phenoxy) is 2. The Kier molecular flexibility index (Phi) is 7.33. The quantitative estimate of drug-likeness (QED) is 0.589. The van der Waals surface area contributed by atoms with Crippen LogP contribution in [0.25, 0.3) is 0 Å². The monoisotopic (exact) mass is 428 g/mol. The number of nitrogens with one attached hydrogen (secondary N) is 2. The molecular formula is C17H24N4O5S2. The Bertz CT molecular complexity index is 927. The molecular weight excluding hydrogens is 404 g/mol. The number of nitrogens with zero attached hydrogens (tertiary/aromatic N) is 2. The molecule has 0 aliphatic heterocycles. The summed E-state index contributed by atoms with van der Waals surface area (Å²) in [4.78, 5) is 11.7. The fourth-order valence-corrected chi connectivity index (χ4v) is 4.54. The zero-order chi connectivity index (χ0) is 20.9. The van der Waals surface area contributed by atoms with Gasteiger partial charge in [-0.3, -0.25) is 4.79 Å². The molecule has 2 rings (SSSR count). The lowest BCUT2D eigenvalue weighted by atomic mass is 10.1. The number of sulfonamides is 1. The van der Waals surface area contributed by atoms with Gasteiger partial charge >= 0.3 is 0 Å². The number of amides is 1.